The lowest BCUT2D eigenvalue weighted by Gasteiger charge is -2.18. The minimum atomic E-state index is -0.297. The predicted octanol–water partition coefficient (Wildman–Crippen LogP) is 4.71. The quantitative estimate of drug-likeness (QED) is 0.647. The number of urea groups is 1. The van der Waals surface area contributed by atoms with Crippen LogP contribution in [0.1, 0.15) is 18.5 Å². The summed E-state index contributed by atoms with van der Waals surface area (Å²) in [6, 6.07) is 12.5. The number of hydrogen-bond donors (Lipinski definition) is 2. The highest BCUT2D eigenvalue weighted by molar-refractivity contribution is 7.13. The standard InChI is InChI=1S/C20H21N3O3S/c1-13(17-12-16(25-2)8-9-18(17)26-3)22-20(24)23-15-6-4-14(5-7-15)19-21-10-11-27-19/h4-13H,1-3H3,(H2,22,23,24). The molecule has 1 heterocycles. The van der Waals surface area contributed by atoms with Gasteiger partial charge >= 0.3 is 6.03 Å². The molecule has 1 atom stereocenters. The van der Waals surface area contributed by atoms with Gasteiger partial charge in [0.25, 0.3) is 0 Å². The largest absolute Gasteiger partial charge is 0.497 e. The molecule has 0 aliphatic rings. The SMILES string of the molecule is COc1ccc(OC)c(C(C)NC(=O)Nc2ccc(-c3nccs3)cc2)c1. The molecule has 6 nitrogen and oxygen atoms in total. The molecule has 1 unspecified atom stereocenters. The molecule has 0 spiro atoms. The fourth-order valence-corrected chi connectivity index (χ4v) is 3.33. The Kier molecular flexibility index (Phi) is 5.93. The van der Waals surface area contributed by atoms with E-state index in [2.05, 4.69) is 15.6 Å². The highest BCUT2D eigenvalue weighted by atomic mass is 32.1. The zero-order valence-electron chi connectivity index (χ0n) is 15.4. The number of amides is 2. The number of thiazole rings is 1. The Labute approximate surface area is 162 Å². The summed E-state index contributed by atoms with van der Waals surface area (Å²) in [6.45, 7) is 1.89. The monoisotopic (exact) mass is 383 g/mol. The van der Waals surface area contributed by atoms with Crippen molar-refractivity contribution in [3.05, 3.63) is 59.6 Å². The molecular weight excluding hydrogens is 362 g/mol. The third-order valence-electron chi connectivity index (χ3n) is 4.07. The molecule has 0 saturated carbocycles. The summed E-state index contributed by atoms with van der Waals surface area (Å²) < 4.78 is 10.6. The second-order valence-corrected chi connectivity index (χ2v) is 6.74. The first-order valence-electron chi connectivity index (χ1n) is 8.40. The van der Waals surface area contributed by atoms with E-state index in [1.54, 1.807) is 31.8 Å². The van der Waals surface area contributed by atoms with E-state index in [-0.39, 0.29) is 12.1 Å². The number of carbonyl (C=O) groups is 1. The Morgan fingerprint density at radius 1 is 1.11 bits per heavy atom. The fraction of sp³-hybridized carbons (Fsp3) is 0.200. The zero-order chi connectivity index (χ0) is 19.2. The van der Waals surface area contributed by atoms with Gasteiger partial charge in [0.1, 0.15) is 16.5 Å². The Morgan fingerprint density at radius 3 is 2.52 bits per heavy atom. The lowest BCUT2D eigenvalue weighted by Crippen LogP contribution is -2.31. The van der Waals surface area contributed by atoms with Crippen LogP contribution in [0.4, 0.5) is 10.5 Å². The van der Waals surface area contributed by atoms with Crippen molar-refractivity contribution in [3.63, 3.8) is 0 Å². The van der Waals surface area contributed by atoms with Gasteiger partial charge in [-0.2, -0.15) is 0 Å². The first-order valence-corrected chi connectivity index (χ1v) is 9.28. The number of nitrogens with zero attached hydrogens (tertiary/aromatic N) is 1. The topological polar surface area (TPSA) is 72.5 Å². The second-order valence-electron chi connectivity index (χ2n) is 5.84. The van der Waals surface area contributed by atoms with Crippen LogP contribution in [0.5, 0.6) is 11.5 Å². The van der Waals surface area contributed by atoms with Gasteiger partial charge in [-0.15, -0.1) is 11.3 Å². The van der Waals surface area contributed by atoms with Gasteiger partial charge in [-0.25, -0.2) is 9.78 Å². The van der Waals surface area contributed by atoms with E-state index in [1.807, 2.05) is 54.8 Å². The minimum absolute atomic E-state index is 0.260. The molecule has 3 aromatic rings. The number of carbonyl (C=O) groups excluding carboxylic acids is 1. The Bertz CT molecular complexity index is 895. The Hall–Kier alpha value is -3.06. The van der Waals surface area contributed by atoms with Gasteiger partial charge in [0.2, 0.25) is 0 Å². The molecule has 0 aliphatic carbocycles. The minimum Gasteiger partial charge on any atom is -0.497 e. The van der Waals surface area contributed by atoms with Crippen molar-refractivity contribution < 1.29 is 14.3 Å². The number of benzene rings is 2. The number of anilines is 1. The molecule has 0 fully saturated rings. The molecule has 2 aromatic carbocycles. The van der Waals surface area contributed by atoms with Crippen molar-refractivity contribution in [2.75, 3.05) is 19.5 Å². The maximum Gasteiger partial charge on any atom is 0.319 e. The molecule has 3 rings (SSSR count). The third-order valence-corrected chi connectivity index (χ3v) is 4.90. The first-order chi connectivity index (χ1) is 13.1. The van der Waals surface area contributed by atoms with Crippen LogP contribution in [0.2, 0.25) is 0 Å². The first kappa shape index (κ1) is 18.7. The van der Waals surface area contributed by atoms with Crippen molar-refractivity contribution in [1.29, 1.82) is 0 Å². The summed E-state index contributed by atoms with van der Waals surface area (Å²) in [7, 11) is 3.20. The van der Waals surface area contributed by atoms with E-state index in [0.29, 0.717) is 17.2 Å². The van der Waals surface area contributed by atoms with Crippen LogP contribution >= 0.6 is 11.3 Å². The lowest BCUT2D eigenvalue weighted by atomic mass is 10.1. The Morgan fingerprint density at radius 2 is 1.89 bits per heavy atom. The molecule has 1 aromatic heterocycles. The summed E-state index contributed by atoms with van der Waals surface area (Å²) >= 11 is 1.58. The molecule has 0 aliphatic heterocycles. The normalized spacial score (nSPS) is 11.5. The molecule has 0 radical (unpaired) electrons. The number of ether oxygens (including phenoxy) is 2. The molecule has 0 bridgehead atoms. The van der Waals surface area contributed by atoms with Gasteiger partial charge in [-0.3, -0.25) is 0 Å². The number of rotatable bonds is 6. The average molecular weight is 383 g/mol. The number of nitrogens with one attached hydrogen (secondary N) is 2. The molecule has 0 saturated heterocycles. The average Bonchev–Trinajstić information content (AvgIpc) is 3.22. The smallest absolute Gasteiger partial charge is 0.319 e. The van der Waals surface area contributed by atoms with Gasteiger partial charge in [-0.05, 0) is 49.4 Å². The van der Waals surface area contributed by atoms with Crippen molar-refractivity contribution >= 4 is 23.1 Å². The third kappa shape index (κ3) is 4.57. The van der Waals surface area contributed by atoms with Crippen molar-refractivity contribution in [1.82, 2.24) is 10.3 Å². The zero-order valence-corrected chi connectivity index (χ0v) is 16.2. The van der Waals surface area contributed by atoms with Crippen LogP contribution in [0.25, 0.3) is 10.6 Å². The Balaban J connectivity index is 1.65. The van der Waals surface area contributed by atoms with Crippen LogP contribution in [0.3, 0.4) is 0 Å². The van der Waals surface area contributed by atoms with Crippen molar-refractivity contribution in [2.24, 2.45) is 0 Å². The predicted molar refractivity (Wildman–Crippen MR) is 108 cm³/mol. The van der Waals surface area contributed by atoms with E-state index in [0.717, 1.165) is 16.1 Å². The van der Waals surface area contributed by atoms with E-state index < -0.39 is 0 Å². The highest BCUT2D eigenvalue weighted by Gasteiger charge is 2.15. The molecule has 140 valence electrons. The second kappa shape index (κ2) is 8.55. The van der Waals surface area contributed by atoms with Gasteiger partial charge < -0.3 is 20.1 Å². The van der Waals surface area contributed by atoms with Crippen LogP contribution in [0.15, 0.2) is 54.0 Å². The van der Waals surface area contributed by atoms with Crippen molar-refractivity contribution in [2.45, 2.75) is 13.0 Å². The lowest BCUT2D eigenvalue weighted by molar-refractivity contribution is 0.249. The van der Waals surface area contributed by atoms with Crippen LogP contribution in [-0.2, 0) is 0 Å². The number of hydrogen-bond acceptors (Lipinski definition) is 5. The molecule has 2 amide bonds. The van der Waals surface area contributed by atoms with E-state index in [1.165, 1.54) is 0 Å². The molecule has 7 heteroatoms. The van der Waals surface area contributed by atoms with E-state index in [9.17, 15) is 4.79 Å². The highest BCUT2D eigenvalue weighted by Crippen LogP contribution is 2.29. The molecule has 2 N–H and O–H groups in total. The van der Waals surface area contributed by atoms with Gasteiger partial charge in [0.15, 0.2) is 0 Å². The summed E-state index contributed by atoms with van der Waals surface area (Å²) in [5, 5.41) is 8.64. The van der Waals surface area contributed by atoms with Gasteiger partial charge in [-0.1, -0.05) is 0 Å². The summed E-state index contributed by atoms with van der Waals surface area (Å²) in [5.74, 6) is 1.40. The maximum absolute atomic E-state index is 12.4. The van der Waals surface area contributed by atoms with Gasteiger partial charge in [0.05, 0.1) is 20.3 Å². The molecule has 27 heavy (non-hydrogen) atoms. The van der Waals surface area contributed by atoms with Crippen LogP contribution in [0, 0.1) is 0 Å². The van der Waals surface area contributed by atoms with Gasteiger partial charge in [0, 0.05) is 28.4 Å². The fourth-order valence-electron chi connectivity index (χ4n) is 2.68. The van der Waals surface area contributed by atoms with E-state index in [4.69, 9.17) is 9.47 Å². The summed E-state index contributed by atoms with van der Waals surface area (Å²) in [6.07, 6.45) is 1.77. The maximum atomic E-state index is 12.4. The summed E-state index contributed by atoms with van der Waals surface area (Å²) in [5.41, 5.74) is 2.56. The van der Waals surface area contributed by atoms with Crippen LogP contribution < -0.4 is 20.1 Å². The van der Waals surface area contributed by atoms with Crippen molar-refractivity contribution in [3.8, 4) is 22.1 Å². The summed E-state index contributed by atoms with van der Waals surface area (Å²) in [4.78, 5) is 16.6. The number of aromatic nitrogens is 1. The molecular formula is C20H21N3O3S. The van der Waals surface area contributed by atoms with Crippen LogP contribution in [-0.4, -0.2) is 25.2 Å². The number of methoxy groups -OCH3 is 2. The van der Waals surface area contributed by atoms with E-state index >= 15 is 0 Å².